The van der Waals surface area contributed by atoms with Crippen LogP contribution in [-0.4, -0.2) is 79.2 Å². The summed E-state index contributed by atoms with van der Waals surface area (Å²) in [7, 11) is 0. The van der Waals surface area contributed by atoms with Crippen molar-refractivity contribution < 1.29 is 19.2 Å². The van der Waals surface area contributed by atoms with Crippen LogP contribution in [0.2, 0.25) is 0 Å². The first-order chi connectivity index (χ1) is 19.9. The van der Waals surface area contributed by atoms with Gasteiger partial charge in [-0.25, -0.2) is 0 Å². The Hall–Kier alpha value is -4.55. The molecule has 0 saturated carbocycles. The van der Waals surface area contributed by atoms with E-state index in [1.54, 1.807) is 12.1 Å². The van der Waals surface area contributed by atoms with Gasteiger partial charge in [-0.3, -0.25) is 25.0 Å². The van der Waals surface area contributed by atoms with Gasteiger partial charge in [-0.1, -0.05) is 18.2 Å². The molecule has 2 saturated heterocycles. The summed E-state index contributed by atoms with van der Waals surface area (Å²) in [6.45, 7) is 4.78. The van der Waals surface area contributed by atoms with E-state index >= 15 is 0 Å². The van der Waals surface area contributed by atoms with Gasteiger partial charge in [0.1, 0.15) is 5.69 Å². The maximum absolute atomic E-state index is 12.8. The third kappa shape index (κ3) is 6.79. The fraction of sp³-hybridized carbons (Fsp3) is 0.276. The third-order valence-electron chi connectivity index (χ3n) is 7.09. The Morgan fingerprint density at radius 3 is 2.17 bits per heavy atom. The molecule has 0 radical (unpaired) electrons. The van der Waals surface area contributed by atoms with Crippen molar-refractivity contribution in [1.29, 1.82) is 0 Å². The molecule has 3 aromatic carbocycles. The lowest BCUT2D eigenvalue weighted by Crippen LogP contribution is -2.48. The second-order valence-corrected chi connectivity index (χ2v) is 10.1. The van der Waals surface area contributed by atoms with Gasteiger partial charge in [0.25, 0.3) is 17.5 Å². The number of amides is 2. The van der Waals surface area contributed by atoms with Crippen molar-refractivity contribution in [3.8, 4) is 0 Å². The number of hydrogen-bond acceptors (Lipinski definition) is 8. The molecule has 11 nitrogen and oxygen atoms in total. The summed E-state index contributed by atoms with van der Waals surface area (Å²) in [5.74, 6) is -0.498. The van der Waals surface area contributed by atoms with E-state index < -0.39 is 10.8 Å². The Kier molecular flexibility index (Phi) is 8.70. The van der Waals surface area contributed by atoms with Crippen LogP contribution in [0, 0.1) is 10.1 Å². The Morgan fingerprint density at radius 2 is 1.51 bits per heavy atom. The Bertz CT molecular complexity index is 1420. The molecule has 0 unspecified atom stereocenters. The fourth-order valence-corrected chi connectivity index (χ4v) is 5.12. The van der Waals surface area contributed by atoms with Crippen molar-refractivity contribution in [3.63, 3.8) is 0 Å². The zero-order valence-electron chi connectivity index (χ0n) is 22.3. The van der Waals surface area contributed by atoms with Crippen LogP contribution in [0.15, 0.2) is 72.8 Å². The Labute approximate surface area is 242 Å². The van der Waals surface area contributed by atoms with Gasteiger partial charge in [-0.05, 0) is 60.7 Å². The lowest BCUT2D eigenvalue weighted by molar-refractivity contribution is -0.384. The van der Waals surface area contributed by atoms with Gasteiger partial charge in [-0.2, -0.15) is 0 Å². The lowest BCUT2D eigenvalue weighted by atomic mass is 10.1. The number of ether oxygens (including phenoxy) is 1. The van der Waals surface area contributed by atoms with Crippen molar-refractivity contribution in [1.82, 2.24) is 10.2 Å². The van der Waals surface area contributed by atoms with Crippen molar-refractivity contribution >= 4 is 51.9 Å². The van der Waals surface area contributed by atoms with Crippen LogP contribution >= 0.6 is 12.2 Å². The number of benzene rings is 3. The molecular formula is C29H30N6O5S. The monoisotopic (exact) mass is 574 g/mol. The molecule has 212 valence electrons. The fourth-order valence-electron chi connectivity index (χ4n) is 4.91. The number of thiocarbonyl (C=S) groups is 1. The van der Waals surface area contributed by atoms with Gasteiger partial charge in [0.2, 0.25) is 0 Å². The number of nitro groups is 1. The van der Waals surface area contributed by atoms with E-state index in [2.05, 4.69) is 15.5 Å². The quantitative estimate of drug-likeness (QED) is 0.259. The minimum atomic E-state index is -0.543. The highest BCUT2D eigenvalue weighted by Gasteiger charge is 2.24. The van der Waals surface area contributed by atoms with Gasteiger partial charge >= 0.3 is 0 Å². The molecule has 2 amide bonds. The molecule has 2 N–H and O–H groups in total. The minimum Gasteiger partial charge on any atom is -0.378 e. The Morgan fingerprint density at radius 1 is 0.829 bits per heavy atom. The van der Waals surface area contributed by atoms with Crippen molar-refractivity contribution in [2.24, 2.45) is 0 Å². The number of rotatable bonds is 6. The number of carbonyl (C=O) groups is 2. The number of anilines is 3. The standard InChI is InChI=1S/C29H30N6O5S/c36-27(22-6-11-25(26(20-22)35(38)39)33-16-18-40-19-17-33)31-29(41)30-23-7-9-24(10-8-23)32-12-14-34(15-13-32)28(37)21-4-2-1-3-5-21/h1-11,20H,12-19H2,(H2,30,31,36,41). The number of morpholine rings is 1. The predicted molar refractivity (Wildman–Crippen MR) is 161 cm³/mol. The van der Waals surface area contributed by atoms with E-state index in [4.69, 9.17) is 17.0 Å². The van der Waals surface area contributed by atoms with Gasteiger partial charge in [0.05, 0.1) is 18.1 Å². The highest BCUT2D eigenvalue weighted by Crippen LogP contribution is 2.30. The van der Waals surface area contributed by atoms with Gasteiger partial charge < -0.3 is 24.8 Å². The molecule has 0 aromatic heterocycles. The molecule has 2 aliphatic heterocycles. The van der Waals surface area contributed by atoms with Gasteiger partial charge in [0, 0.05) is 67.8 Å². The van der Waals surface area contributed by atoms with Crippen LogP contribution in [0.4, 0.5) is 22.7 Å². The highest BCUT2D eigenvalue weighted by atomic mass is 32.1. The van der Waals surface area contributed by atoms with Crippen LogP contribution in [0.5, 0.6) is 0 Å². The average molecular weight is 575 g/mol. The maximum Gasteiger partial charge on any atom is 0.293 e. The molecular weight excluding hydrogens is 544 g/mol. The zero-order valence-corrected chi connectivity index (χ0v) is 23.1. The summed E-state index contributed by atoms with van der Waals surface area (Å²) in [4.78, 5) is 42.7. The zero-order chi connectivity index (χ0) is 28.8. The molecule has 0 spiro atoms. The molecule has 0 aliphatic carbocycles. The van der Waals surface area contributed by atoms with Crippen LogP contribution in [0.3, 0.4) is 0 Å². The number of hydrogen-bond donors (Lipinski definition) is 2. The summed E-state index contributed by atoms with van der Waals surface area (Å²) in [5, 5.41) is 17.4. The number of nitrogens with zero attached hydrogens (tertiary/aromatic N) is 4. The van der Waals surface area contributed by atoms with Crippen LogP contribution in [0.1, 0.15) is 20.7 Å². The topological polar surface area (TPSA) is 120 Å². The molecule has 41 heavy (non-hydrogen) atoms. The first-order valence-electron chi connectivity index (χ1n) is 13.3. The molecule has 12 heteroatoms. The summed E-state index contributed by atoms with van der Waals surface area (Å²) in [6, 6.07) is 21.3. The number of carbonyl (C=O) groups excluding carboxylic acids is 2. The van der Waals surface area contributed by atoms with Crippen LogP contribution < -0.4 is 20.4 Å². The van der Waals surface area contributed by atoms with E-state index in [1.807, 2.05) is 64.4 Å². The molecule has 5 rings (SSSR count). The van der Waals surface area contributed by atoms with Gasteiger partial charge in [0.15, 0.2) is 5.11 Å². The number of piperazine rings is 1. The van der Waals surface area contributed by atoms with E-state index in [9.17, 15) is 19.7 Å². The minimum absolute atomic E-state index is 0.0445. The summed E-state index contributed by atoms with van der Waals surface area (Å²) in [6.07, 6.45) is 0. The van der Waals surface area contributed by atoms with Gasteiger partial charge in [-0.15, -0.1) is 0 Å². The molecule has 2 aliphatic rings. The van der Waals surface area contributed by atoms with E-state index in [0.29, 0.717) is 56.3 Å². The van der Waals surface area contributed by atoms with Crippen molar-refractivity contribution in [3.05, 3.63) is 94.0 Å². The van der Waals surface area contributed by atoms with E-state index in [0.717, 1.165) is 18.8 Å². The second kappa shape index (κ2) is 12.7. The first kappa shape index (κ1) is 28.0. The molecule has 2 fully saturated rings. The number of nitrogens with one attached hydrogen (secondary N) is 2. The average Bonchev–Trinajstić information content (AvgIpc) is 3.01. The maximum atomic E-state index is 12.8. The summed E-state index contributed by atoms with van der Waals surface area (Å²) >= 11 is 5.31. The third-order valence-corrected chi connectivity index (χ3v) is 7.30. The Balaban J connectivity index is 1.14. The molecule has 0 bridgehead atoms. The molecule has 0 atom stereocenters. The van der Waals surface area contributed by atoms with Crippen LogP contribution in [-0.2, 0) is 4.74 Å². The number of nitro benzene ring substituents is 1. The largest absolute Gasteiger partial charge is 0.378 e. The van der Waals surface area contributed by atoms with Crippen LogP contribution in [0.25, 0.3) is 0 Å². The summed E-state index contributed by atoms with van der Waals surface area (Å²) < 4.78 is 5.33. The lowest BCUT2D eigenvalue weighted by Gasteiger charge is -2.36. The highest BCUT2D eigenvalue weighted by molar-refractivity contribution is 7.80. The second-order valence-electron chi connectivity index (χ2n) is 9.66. The molecule has 3 aromatic rings. The van der Waals surface area contributed by atoms with E-state index in [1.165, 1.54) is 6.07 Å². The van der Waals surface area contributed by atoms with Crippen molar-refractivity contribution in [2.45, 2.75) is 0 Å². The SMILES string of the molecule is O=C(NC(=S)Nc1ccc(N2CCN(C(=O)c3ccccc3)CC2)cc1)c1ccc(N2CCOCC2)c([N+](=O)[O-])c1. The van der Waals surface area contributed by atoms with E-state index in [-0.39, 0.29) is 22.3 Å². The molecule has 2 heterocycles. The summed E-state index contributed by atoms with van der Waals surface area (Å²) in [5.41, 5.74) is 2.86. The normalized spacial score (nSPS) is 15.3. The smallest absolute Gasteiger partial charge is 0.293 e. The first-order valence-corrected chi connectivity index (χ1v) is 13.7. The predicted octanol–water partition coefficient (Wildman–Crippen LogP) is 3.52. The van der Waals surface area contributed by atoms with Crippen molar-refractivity contribution in [2.75, 3.05) is 67.6 Å².